The van der Waals surface area contributed by atoms with Gasteiger partial charge in [-0.15, -0.1) is 0 Å². The van der Waals surface area contributed by atoms with Crippen LogP contribution in [-0.4, -0.2) is 10.2 Å². The molecule has 0 saturated carbocycles. The lowest BCUT2D eigenvalue weighted by Gasteiger charge is -2.05. The van der Waals surface area contributed by atoms with Crippen molar-refractivity contribution in [3.05, 3.63) is 60.8 Å². The summed E-state index contributed by atoms with van der Waals surface area (Å²) in [7, 11) is 0. The van der Waals surface area contributed by atoms with Gasteiger partial charge in [-0.25, -0.2) is 0 Å². The molecule has 0 fully saturated rings. The van der Waals surface area contributed by atoms with Crippen LogP contribution >= 0.6 is 0 Å². The van der Waals surface area contributed by atoms with E-state index in [2.05, 4.69) is 52.7 Å². The first-order valence-electron chi connectivity index (χ1n) is 5.95. The maximum absolute atomic E-state index is 4.16. The number of nitrogens with zero attached hydrogens (tertiary/aromatic N) is 2. The van der Waals surface area contributed by atoms with E-state index in [4.69, 9.17) is 0 Å². The summed E-state index contributed by atoms with van der Waals surface area (Å²) in [6, 6.07) is 19.0. The minimum atomic E-state index is 0.945. The van der Waals surface area contributed by atoms with Gasteiger partial charge in [0.25, 0.3) is 0 Å². The Morgan fingerprint density at radius 3 is 2.39 bits per heavy atom. The largest absolute Gasteiger partial charge is 0.159 e. The molecule has 0 unspecified atom stereocenters. The van der Waals surface area contributed by atoms with Crippen molar-refractivity contribution in [1.29, 1.82) is 0 Å². The summed E-state index contributed by atoms with van der Waals surface area (Å²) in [4.78, 5) is 0. The minimum Gasteiger partial charge on any atom is -0.159 e. The average Bonchev–Trinajstić information content (AvgIpc) is 2.45. The van der Waals surface area contributed by atoms with Gasteiger partial charge in [0.2, 0.25) is 0 Å². The summed E-state index contributed by atoms with van der Waals surface area (Å²) in [6.45, 7) is 0. The molecule has 84 valence electrons. The van der Waals surface area contributed by atoms with Gasteiger partial charge >= 0.3 is 0 Å². The van der Waals surface area contributed by atoms with E-state index in [9.17, 15) is 0 Å². The van der Waals surface area contributed by atoms with E-state index >= 15 is 0 Å². The topological polar surface area (TPSA) is 25.8 Å². The molecule has 2 heteroatoms. The number of hydrogen-bond acceptors (Lipinski definition) is 2. The third-order valence-electron chi connectivity index (χ3n) is 3.38. The summed E-state index contributed by atoms with van der Waals surface area (Å²) in [5, 5.41) is 14.3. The fraction of sp³-hybridized carbons (Fsp3) is 0. The third kappa shape index (κ3) is 1.29. The standard InChI is InChI=1S/C16H10N2/c1-2-4-12-10-15-13(9-11(12)3-1)5-6-16-14(15)7-8-17-18-16/h1-10H. The first-order chi connectivity index (χ1) is 8.92. The zero-order valence-corrected chi connectivity index (χ0v) is 9.67. The number of benzene rings is 3. The van der Waals surface area contributed by atoms with Gasteiger partial charge < -0.3 is 0 Å². The SMILES string of the molecule is c1ccc2cc3c(ccc4nnccc43)cc2c1. The molecule has 1 heterocycles. The lowest BCUT2D eigenvalue weighted by Crippen LogP contribution is -1.84. The summed E-state index contributed by atoms with van der Waals surface area (Å²) >= 11 is 0. The maximum Gasteiger partial charge on any atom is 0.0936 e. The monoisotopic (exact) mass is 230 g/mol. The Morgan fingerprint density at radius 1 is 0.667 bits per heavy atom. The Hall–Kier alpha value is -2.48. The fourth-order valence-corrected chi connectivity index (χ4v) is 2.49. The van der Waals surface area contributed by atoms with Crippen molar-refractivity contribution in [2.24, 2.45) is 0 Å². The fourth-order valence-electron chi connectivity index (χ4n) is 2.49. The van der Waals surface area contributed by atoms with E-state index in [1.54, 1.807) is 6.20 Å². The van der Waals surface area contributed by atoms with Crippen LogP contribution in [0.1, 0.15) is 0 Å². The molecule has 0 bridgehead atoms. The molecule has 0 aliphatic rings. The van der Waals surface area contributed by atoms with Gasteiger partial charge in [0, 0.05) is 5.39 Å². The molecule has 0 saturated heterocycles. The zero-order valence-electron chi connectivity index (χ0n) is 9.67. The predicted molar refractivity (Wildman–Crippen MR) is 74.6 cm³/mol. The molecule has 0 atom stereocenters. The van der Waals surface area contributed by atoms with E-state index in [0.717, 1.165) is 10.9 Å². The van der Waals surface area contributed by atoms with Crippen LogP contribution in [0.25, 0.3) is 32.4 Å². The first-order valence-corrected chi connectivity index (χ1v) is 5.95. The van der Waals surface area contributed by atoms with Gasteiger partial charge in [-0.3, -0.25) is 0 Å². The number of aromatic nitrogens is 2. The van der Waals surface area contributed by atoms with Crippen molar-refractivity contribution in [2.75, 3.05) is 0 Å². The molecule has 0 amide bonds. The molecule has 0 spiro atoms. The molecule has 2 nitrogen and oxygen atoms in total. The molecule has 1 aromatic heterocycles. The van der Waals surface area contributed by atoms with Gasteiger partial charge in [0.15, 0.2) is 0 Å². The van der Waals surface area contributed by atoms with Crippen LogP contribution in [-0.2, 0) is 0 Å². The smallest absolute Gasteiger partial charge is 0.0936 e. The Balaban J connectivity index is 2.27. The molecule has 0 aliphatic heterocycles. The molecule has 0 N–H and O–H groups in total. The van der Waals surface area contributed by atoms with Crippen LogP contribution in [0, 0.1) is 0 Å². The van der Waals surface area contributed by atoms with Crippen LogP contribution in [0.4, 0.5) is 0 Å². The van der Waals surface area contributed by atoms with Crippen molar-refractivity contribution in [3.8, 4) is 0 Å². The van der Waals surface area contributed by atoms with Gasteiger partial charge in [-0.1, -0.05) is 30.3 Å². The Kier molecular flexibility index (Phi) is 1.86. The van der Waals surface area contributed by atoms with Crippen molar-refractivity contribution >= 4 is 32.4 Å². The second-order valence-electron chi connectivity index (χ2n) is 4.45. The molecule has 4 aromatic rings. The summed E-state index contributed by atoms with van der Waals surface area (Å²) in [5.41, 5.74) is 0.945. The maximum atomic E-state index is 4.16. The lowest BCUT2D eigenvalue weighted by molar-refractivity contribution is 1.08. The number of hydrogen-bond donors (Lipinski definition) is 0. The highest BCUT2D eigenvalue weighted by atomic mass is 15.1. The zero-order chi connectivity index (χ0) is 11.9. The molecule has 3 aromatic carbocycles. The normalized spacial score (nSPS) is 11.3. The molecule has 0 radical (unpaired) electrons. The molecule has 18 heavy (non-hydrogen) atoms. The molecule has 4 rings (SSSR count). The highest BCUT2D eigenvalue weighted by Crippen LogP contribution is 2.28. The van der Waals surface area contributed by atoms with Gasteiger partial charge in [-0.2, -0.15) is 10.2 Å². The van der Waals surface area contributed by atoms with Crippen molar-refractivity contribution in [1.82, 2.24) is 10.2 Å². The first kappa shape index (κ1) is 9.54. The number of fused-ring (bicyclic) bond motifs is 4. The van der Waals surface area contributed by atoms with Crippen LogP contribution in [0.5, 0.6) is 0 Å². The van der Waals surface area contributed by atoms with Gasteiger partial charge in [0.05, 0.1) is 11.7 Å². The quantitative estimate of drug-likeness (QED) is 0.338. The number of rotatable bonds is 0. The van der Waals surface area contributed by atoms with E-state index in [-0.39, 0.29) is 0 Å². The van der Waals surface area contributed by atoms with Crippen LogP contribution in [0.15, 0.2) is 60.8 Å². The third-order valence-corrected chi connectivity index (χ3v) is 3.38. The Bertz CT molecular complexity index is 875. The Labute approximate surface area is 104 Å². The lowest BCUT2D eigenvalue weighted by atomic mass is 10.0. The summed E-state index contributed by atoms with van der Waals surface area (Å²) in [6.07, 6.45) is 1.75. The van der Waals surface area contributed by atoms with Crippen LogP contribution in [0.3, 0.4) is 0 Å². The highest BCUT2D eigenvalue weighted by Gasteiger charge is 2.03. The molecular formula is C16H10N2. The van der Waals surface area contributed by atoms with Crippen molar-refractivity contribution in [3.63, 3.8) is 0 Å². The predicted octanol–water partition coefficient (Wildman–Crippen LogP) is 3.94. The second-order valence-corrected chi connectivity index (χ2v) is 4.45. The minimum absolute atomic E-state index is 0.945. The Morgan fingerprint density at radius 2 is 1.50 bits per heavy atom. The average molecular weight is 230 g/mol. The van der Waals surface area contributed by atoms with Crippen LogP contribution in [0.2, 0.25) is 0 Å². The second kappa shape index (κ2) is 3.50. The van der Waals surface area contributed by atoms with E-state index in [1.165, 1.54) is 21.5 Å². The highest BCUT2D eigenvalue weighted by molar-refractivity contribution is 6.10. The van der Waals surface area contributed by atoms with Gasteiger partial charge in [-0.05, 0) is 45.8 Å². The summed E-state index contributed by atoms with van der Waals surface area (Å²) in [5.74, 6) is 0. The van der Waals surface area contributed by atoms with Crippen molar-refractivity contribution in [2.45, 2.75) is 0 Å². The van der Waals surface area contributed by atoms with Crippen molar-refractivity contribution < 1.29 is 0 Å². The molecular weight excluding hydrogens is 220 g/mol. The van der Waals surface area contributed by atoms with E-state index in [1.807, 2.05) is 12.1 Å². The van der Waals surface area contributed by atoms with Gasteiger partial charge in [0.1, 0.15) is 0 Å². The van der Waals surface area contributed by atoms with Crippen LogP contribution < -0.4 is 0 Å². The molecule has 0 aliphatic carbocycles. The van der Waals surface area contributed by atoms with E-state index in [0.29, 0.717) is 0 Å². The summed E-state index contributed by atoms with van der Waals surface area (Å²) < 4.78 is 0. The van der Waals surface area contributed by atoms with E-state index < -0.39 is 0 Å².